The molecule has 0 aliphatic rings. The Morgan fingerprint density at radius 1 is 1.13 bits per heavy atom. The van der Waals surface area contributed by atoms with E-state index in [1.807, 2.05) is 6.07 Å². The molecule has 3 aromatic rings. The lowest BCUT2D eigenvalue weighted by atomic mass is 10.2. The number of halogens is 1. The Bertz CT molecular complexity index is 1000. The summed E-state index contributed by atoms with van der Waals surface area (Å²) in [5, 5.41) is 13.3. The van der Waals surface area contributed by atoms with E-state index in [9.17, 15) is 8.42 Å². The highest BCUT2D eigenvalue weighted by Gasteiger charge is 2.19. The van der Waals surface area contributed by atoms with Crippen LogP contribution in [0.5, 0.6) is 0 Å². The van der Waals surface area contributed by atoms with Gasteiger partial charge < -0.3 is 0 Å². The average Bonchev–Trinajstić information content (AvgIpc) is 3.06. The van der Waals surface area contributed by atoms with Crippen molar-refractivity contribution >= 4 is 21.6 Å². The summed E-state index contributed by atoms with van der Waals surface area (Å²) in [4.78, 5) is 4.04. The Morgan fingerprint density at radius 2 is 1.87 bits per heavy atom. The third-order valence-corrected chi connectivity index (χ3v) is 4.85. The molecular formula is C15H9ClN4O2S. The van der Waals surface area contributed by atoms with E-state index >= 15 is 0 Å². The van der Waals surface area contributed by atoms with Gasteiger partial charge in [0, 0.05) is 10.6 Å². The molecule has 0 spiro atoms. The van der Waals surface area contributed by atoms with Crippen molar-refractivity contribution in [2.75, 3.05) is 0 Å². The van der Waals surface area contributed by atoms with E-state index in [0.29, 0.717) is 16.1 Å². The minimum atomic E-state index is -3.86. The molecular weight excluding hydrogens is 336 g/mol. The minimum absolute atomic E-state index is 0.0269. The zero-order valence-corrected chi connectivity index (χ0v) is 13.2. The van der Waals surface area contributed by atoms with Gasteiger partial charge in [0.1, 0.15) is 6.33 Å². The third kappa shape index (κ3) is 2.95. The number of rotatable bonds is 3. The van der Waals surface area contributed by atoms with E-state index in [1.165, 1.54) is 24.3 Å². The number of nitrogens with zero attached hydrogens (tertiary/aromatic N) is 4. The fourth-order valence-electron chi connectivity index (χ4n) is 1.93. The average molecular weight is 345 g/mol. The summed E-state index contributed by atoms with van der Waals surface area (Å²) in [7, 11) is -3.86. The molecule has 0 radical (unpaired) electrons. The second kappa shape index (κ2) is 5.83. The van der Waals surface area contributed by atoms with Crippen molar-refractivity contribution < 1.29 is 8.42 Å². The molecule has 23 heavy (non-hydrogen) atoms. The van der Waals surface area contributed by atoms with Gasteiger partial charge in [-0.15, -0.1) is 9.19 Å². The summed E-state index contributed by atoms with van der Waals surface area (Å²) in [6.45, 7) is 0. The Labute approximate surface area is 137 Å². The van der Waals surface area contributed by atoms with Gasteiger partial charge in [-0.2, -0.15) is 13.7 Å². The first-order valence-electron chi connectivity index (χ1n) is 6.44. The highest BCUT2D eigenvalue weighted by Crippen LogP contribution is 2.20. The quantitative estimate of drug-likeness (QED) is 0.728. The van der Waals surface area contributed by atoms with Crippen LogP contribution in [-0.2, 0) is 10.0 Å². The van der Waals surface area contributed by atoms with E-state index in [1.54, 1.807) is 24.3 Å². The maximum absolute atomic E-state index is 12.5. The molecule has 0 amide bonds. The lowest BCUT2D eigenvalue weighted by Crippen LogP contribution is -2.13. The van der Waals surface area contributed by atoms with Crippen LogP contribution in [0.3, 0.4) is 0 Å². The van der Waals surface area contributed by atoms with Gasteiger partial charge in [0.15, 0.2) is 5.82 Å². The molecule has 1 heterocycles. The van der Waals surface area contributed by atoms with Crippen molar-refractivity contribution in [2.24, 2.45) is 0 Å². The van der Waals surface area contributed by atoms with Crippen molar-refractivity contribution in [3.05, 3.63) is 65.4 Å². The first-order chi connectivity index (χ1) is 11.0. The van der Waals surface area contributed by atoms with Crippen LogP contribution in [0.1, 0.15) is 5.56 Å². The topological polar surface area (TPSA) is 88.6 Å². The fraction of sp³-hybridized carbons (Fsp3) is 0. The number of aromatic nitrogens is 3. The highest BCUT2D eigenvalue weighted by atomic mass is 35.5. The minimum Gasteiger partial charge on any atom is -0.214 e. The molecule has 2 aromatic carbocycles. The van der Waals surface area contributed by atoms with E-state index in [4.69, 9.17) is 16.9 Å². The van der Waals surface area contributed by atoms with Crippen LogP contribution < -0.4 is 0 Å². The molecule has 0 bridgehead atoms. The van der Waals surface area contributed by atoms with Gasteiger partial charge in [0.2, 0.25) is 0 Å². The summed E-state index contributed by atoms with van der Waals surface area (Å²) < 4.78 is 25.8. The molecule has 0 atom stereocenters. The Kier molecular flexibility index (Phi) is 3.86. The van der Waals surface area contributed by atoms with Crippen LogP contribution in [0, 0.1) is 11.3 Å². The Balaban J connectivity index is 2.00. The predicted octanol–water partition coefficient (Wildman–Crippen LogP) is 2.71. The number of benzene rings is 2. The van der Waals surface area contributed by atoms with E-state index in [-0.39, 0.29) is 10.7 Å². The van der Waals surface area contributed by atoms with Crippen molar-refractivity contribution in [1.29, 1.82) is 5.26 Å². The fourth-order valence-corrected chi connectivity index (χ4v) is 3.18. The van der Waals surface area contributed by atoms with Crippen molar-refractivity contribution in [2.45, 2.75) is 4.90 Å². The number of nitriles is 1. The predicted molar refractivity (Wildman–Crippen MR) is 84.2 cm³/mol. The summed E-state index contributed by atoms with van der Waals surface area (Å²) >= 11 is 5.91. The van der Waals surface area contributed by atoms with Gasteiger partial charge in [0.05, 0.1) is 16.5 Å². The third-order valence-electron chi connectivity index (χ3n) is 3.08. The maximum Gasteiger partial charge on any atom is 0.284 e. The van der Waals surface area contributed by atoms with Crippen LogP contribution in [0.25, 0.3) is 11.4 Å². The lowest BCUT2D eigenvalue weighted by Gasteiger charge is -2.03. The van der Waals surface area contributed by atoms with Crippen molar-refractivity contribution in [3.8, 4) is 17.5 Å². The molecule has 0 saturated carbocycles. The Hall–Kier alpha value is -2.69. The number of hydrogen-bond donors (Lipinski definition) is 0. The summed E-state index contributed by atoms with van der Waals surface area (Å²) in [5.41, 5.74) is 0.994. The molecule has 0 unspecified atom stereocenters. The van der Waals surface area contributed by atoms with Crippen molar-refractivity contribution in [3.63, 3.8) is 0 Å². The monoisotopic (exact) mass is 344 g/mol. The van der Waals surface area contributed by atoms with Gasteiger partial charge in [-0.05, 0) is 36.4 Å². The second-order valence-corrected chi connectivity index (χ2v) is 6.82. The smallest absolute Gasteiger partial charge is 0.214 e. The summed E-state index contributed by atoms with van der Waals surface area (Å²) in [5.74, 6) is 0.254. The van der Waals surface area contributed by atoms with Gasteiger partial charge in [-0.3, -0.25) is 0 Å². The first-order valence-corrected chi connectivity index (χ1v) is 8.26. The molecule has 8 heteroatoms. The molecule has 0 fully saturated rings. The van der Waals surface area contributed by atoms with Crippen LogP contribution in [0.4, 0.5) is 0 Å². The first kappa shape index (κ1) is 15.2. The van der Waals surface area contributed by atoms with E-state index < -0.39 is 10.0 Å². The lowest BCUT2D eigenvalue weighted by molar-refractivity contribution is 0.580. The van der Waals surface area contributed by atoms with E-state index in [2.05, 4.69) is 10.1 Å². The van der Waals surface area contributed by atoms with Crippen LogP contribution in [0.2, 0.25) is 5.02 Å². The summed E-state index contributed by atoms with van der Waals surface area (Å²) in [6, 6.07) is 14.3. The molecule has 114 valence electrons. The zero-order valence-electron chi connectivity index (χ0n) is 11.6. The molecule has 0 aliphatic carbocycles. The zero-order chi connectivity index (χ0) is 16.4. The molecule has 0 saturated heterocycles. The highest BCUT2D eigenvalue weighted by molar-refractivity contribution is 7.89. The Morgan fingerprint density at radius 3 is 2.52 bits per heavy atom. The van der Waals surface area contributed by atoms with Gasteiger partial charge in [-0.25, -0.2) is 4.98 Å². The maximum atomic E-state index is 12.5. The SMILES string of the molecule is N#Cc1ccc(S(=O)(=O)n2cnc(-c3cccc(Cl)c3)n2)cc1. The molecule has 1 aromatic heterocycles. The van der Waals surface area contributed by atoms with Crippen LogP contribution in [-0.4, -0.2) is 22.6 Å². The number of hydrogen-bond acceptors (Lipinski definition) is 5. The van der Waals surface area contributed by atoms with Crippen LogP contribution >= 0.6 is 11.6 Å². The molecule has 0 N–H and O–H groups in total. The molecule has 0 aliphatic heterocycles. The van der Waals surface area contributed by atoms with Crippen molar-refractivity contribution in [1.82, 2.24) is 14.2 Å². The van der Waals surface area contributed by atoms with Gasteiger partial charge in [0.25, 0.3) is 10.0 Å². The van der Waals surface area contributed by atoms with E-state index in [0.717, 1.165) is 10.4 Å². The standard InChI is InChI=1S/C15H9ClN4O2S/c16-13-3-1-2-12(8-13)15-18-10-20(19-15)23(21,22)14-6-4-11(9-17)5-7-14/h1-8,10H. The molecule has 6 nitrogen and oxygen atoms in total. The van der Waals surface area contributed by atoms with Gasteiger partial charge >= 0.3 is 0 Å². The molecule has 3 rings (SSSR count). The summed E-state index contributed by atoms with van der Waals surface area (Å²) in [6.07, 6.45) is 1.13. The van der Waals surface area contributed by atoms with Gasteiger partial charge in [-0.1, -0.05) is 23.7 Å². The second-order valence-electron chi connectivity index (χ2n) is 4.59. The van der Waals surface area contributed by atoms with Crippen LogP contribution in [0.15, 0.2) is 59.8 Å². The largest absolute Gasteiger partial charge is 0.284 e. The normalized spacial score (nSPS) is 11.1.